The highest BCUT2D eigenvalue weighted by molar-refractivity contribution is 6.42. The number of hydrogen-bond donors (Lipinski definition) is 3. The van der Waals surface area contributed by atoms with Crippen LogP contribution in [0.4, 0.5) is 5.69 Å². The fourth-order valence-corrected chi connectivity index (χ4v) is 3.77. The molecule has 7 nitrogen and oxygen atoms in total. The van der Waals surface area contributed by atoms with Gasteiger partial charge < -0.3 is 30.5 Å². The number of methoxy groups -OCH3 is 1. The van der Waals surface area contributed by atoms with Gasteiger partial charge in [-0.3, -0.25) is 4.79 Å². The maximum absolute atomic E-state index is 12.3. The number of halogens is 2. The Morgan fingerprint density at radius 1 is 1.23 bits per heavy atom. The lowest BCUT2D eigenvalue weighted by Gasteiger charge is -2.33. The van der Waals surface area contributed by atoms with Crippen LogP contribution >= 0.6 is 23.2 Å². The first-order valence-electron chi connectivity index (χ1n) is 10.1. The molecule has 0 aromatic heterocycles. The largest absolute Gasteiger partial charge is 0.495 e. The number of likely N-dealkylation sites (tertiary alicyclic amines) is 1. The molecule has 2 aromatic rings. The summed E-state index contributed by atoms with van der Waals surface area (Å²) in [6.07, 6.45) is 1.09. The molecule has 1 unspecified atom stereocenters. The third kappa shape index (κ3) is 6.64. The Morgan fingerprint density at radius 2 is 1.97 bits per heavy atom. The Morgan fingerprint density at radius 3 is 2.65 bits per heavy atom. The van der Waals surface area contributed by atoms with Crippen molar-refractivity contribution in [3.8, 4) is 11.5 Å². The molecule has 1 atom stereocenters. The lowest BCUT2D eigenvalue weighted by atomic mass is 10.1. The number of carbonyl (C=O) groups is 1. The lowest BCUT2D eigenvalue weighted by Crippen LogP contribution is -2.45. The summed E-state index contributed by atoms with van der Waals surface area (Å²) < 4.78 is 11.1. The van der Waals surface area contributed by atoms with Crippen molar-refractivity contribution < 1.29 is 19.4 Å². The van der Waals surface area contributed by atoms with E-state index in [1.54, 1.807) is 30.3 Å². The Labute approximate surface area is 192 Å². The third-order valence-electron chi connectivity index (χ3n) is 5.19. The molecule has 1 aliphatic heterocycles. The maximum Gasteiger partial charge on any atom is 0.251 e. The van der Waals surface area contributed by atoms with Crippen LogP contribution < -0.4 is 20.5 Å². The van der Waals surface area contributed by atoms with Crippen LogP contribution in [-0.2, 0) is 0 Å². The van der Waals surface area contributed by atoms with Crippen LogP contribution in [0.1, 0.15) is 23.2 Å². The van der Waals surface area contributed by atoms with E-state index >= 15 is 0 Å². The molecule has 0 saturated carbocycles. The van der Waals surface area contributed by atoms with Gasteiger partial charge in [-0.15, -0.1) is 0 Å². The van der Waals surface area contributed by atoms with Crippen molar-refractivity contribution in [3.63, 3.8) is 0 Å². The number of nitrogens with two attached hydrogens (primary N) is 1. The van der Waals surface area contributed by atoms with Gasteiger partial charge in [-0.2, -0.15) is 0 Å². The topological polar surface area (TPSA) is 97.0 Å². The van der Waals surface area contributed by atoms with Gasteiger partial charge in [0.15, 0.2) is 0 Å². The number of ether oxygens (including phenoxy) is 2. The minimum atomic E-state index is -0.674. The van der Waals surface area contributed by atoms with E-state index in [-0.39, 0.29) is 18.6 Å². The summed E-state index contributed by atoms with van der Waals surface area (Å²) in [6, 6.07) is 10.1. The summed E-state index contributed by atoms with van der Waals surface area (Å²) >= 11 is 12.0. The number of nitrogens with zero attached hydrogens (tertiary/aromatic N) is 1. The van der Waals surface area contributed by atoms with Crippen LogP contribution in [0.15, 0.2) is 36.4 Å². The number of piperidine rings is 1. The number of nitrogen functional groups attached to an aromatic ring is 1. The van der Waals surface area contributed by atoms with Crippen molar-refractivity contribution in [1.82, 2.24) is 10.2 Å². The van der Waals surface area contributed by atoms with Crippen molar-refractivity contribution in [2.24, 2.45) is 0 Å². The van der Waals surface area contributed by atoms with E-state index in [4.69, 9.17) is 38.4 Å². The summed E-state index contributed by atoms with van der Waals surface area (Å²) in [4.78, 5) is 14.5. The number of β-amino-alcohol motifs (C(OH)–C–C–N with tert-alkyl or cyclic N) is 1. The zero-order valence-corrected chi connectivity index (χ0v) is 18.8. The molecule has 9 heteroatoms. The molecule has 3 rings (SSSR count). The zero-order valence-electron chi connectivity index (χ0n) is 17.3. The number of anilines is 1. The number of carbonyl (C=O) groups excluding carboxylic acids is 1. The van der Waals surface area contributed by atoms with Gasteiger partial charge in [0, 0.05) is 37.8 Å². The minimum absolute atomic E-state index is 0.0887. The average molecular weight is 468 g/mol. The number of benzene rings is 2. The van der Waals surface area contributed by atoms with E-state index in [1.165, 1.54) is 7.11 Å². The van der Waals surface area contributed by atoms with Gasteiger partial charge in [-0.05, 0) is 43.2 Å². The smallest absolute Gasteiger partial charge is 0.251 e. The number of nitrogens with one attached hydrogen (secondary N) is 1. The summed E-state index contributed by atoms with van der Waals surface area (Å²) in [5.74, 6) is 0.861. The number of hydrogen-bond acceptors (Lipinski definition) is 6. The van der Waals surface area contributed by atoms with Crippen molar-refractivity contribution in [2.45, 2.75) is 25.0 Å². The first kappa shape index (κ1) is 23.5. The van der Waals surface area contributed by atoms with Crippen LogP contribution in [0.2, 0.25) is 10.0 Å². The van der Waals surface area contributed by atoms with Gasteiger partial charge in [0.25, 0.3) is 5.91 Å². The first-order valence-corrected chi connectivity index (χ1v) is 10.8. The molecule has 1 saturated heterocycles. The number of aliphatic hydroxyl groups excluding tert-OH is 1. The quantitative estimate of drug-likeness (QED) is 0.515. The van der Waals surface area contributed by atoms with Gasteiger partial charge >= 0.3 is 0 Å². The van der Waals surface area contributed by atoms with Crippen molar-refractivity contribution >= 4 is 34.8 Å². The van der Waals surface area contributed by atoms with Crippen molar-refractivity contribution in [1.29, 1.82) is 0 Å². The Balaban J connectivity index is 1.40. The van der Waals surface area contributed by atoms with E-state index in [1.807, 2.05) is 6.07 Å². The fourth-order valence-electron chi connectivity index (χ4n) is 3.48. The molecule has 0 radical (unpaired) electrons. The lowest BCUT2D eigenvalue weighted by molar-refractivity contribution is 0.0594. The average Bonchev–Trinajstić information content (AvgIpc) is 2.76. The molecule has 1 heterocycles. The van der Waals surface area contributed by atoms with Crippen LogP contribution in [0, 0.1) is 0 Å². The summed E-state index contributed by atoms with van der Waals surface area (Å²) in [6.45, 7) is 2.23. The Kier molecular flexibility index (Phi) is 8.26. The molecule has 1 fully saturated rings. The van der Waals surface area contributed by atoms with Crippen molar-refractivity contribution in [2.75, 3.05) is 39.0 Å². The van der Waals surface area contributed by atoms with Crippen LogP contribution in [0.3, 0.4) is 0 Å². The summed E-state index contributed by atoms with van der Waals surface area (Å²) in [5, 5.41) is 14.1. The highest BCUT2D eigenvalue weighted by Gasteiger charge is 2.23. The van der Waals surface area contributed by atoms with Crippen molar-refractivity contribution in [3.05, 3.63) is 52.0 Å². The summed E-state index contributed by atoms with van der Waals surface area (Å²) in [7, 11) is 1.50. The molecule has 0 spiro atoms. The second-order valence-corrected chi connectivity index (χ2v) is 8.33. The highest BCUT2D eigenvalue weighted by Crippen LogP contribution is 2.28. The van der Waals surface area contributed by atoms with E-state index < -0.39 is 6.10 Å². The second-order valence-electron chi connectivity index (χ2n) is 7.51. The SMILES string of the molecule is COc1cc(C(=O)NCC(O)CN2CCC(Oc3ccc(Cl)c(Cl)c3)CC2)ccc1N. The van der Waals surface area contributed by atoms with E-state index in [9.17, 15) is 9.90 Å². The van der Waals surface area contributed by atoms with Crippen LogP contribution in [-0.4, -0.2) is 61.4 Å². The first-order chi connectivity index (χ1) is 14.9. The molecule has 1 aliphatic rings. The molecule has 0 aliphatic carbocycles. The molecule has 31 heavy (non-hydrogen) atoms. The monoisotopic (exact) mass is 467 g/mol. The molecular formula is C22H27Cl2N3O4. The van der Waals surface area contributed by atoms with Gasteiger partial charge in [0.2, 0.25) is 0 Å². The Bertz CT molecular complexity index is 904. The van der Waals surface area contributed by atoms with Gasteiger partial charge in [-0.1, -0.05) is 23.2 Å². The molecule has 4 N–H and O–H groups in total. The van der Waals surface area contributed by atoms with Gasteiger partial charge in [-0.25, -0.2) is 0 Å². The Hall–Kier alpha value is -2.19. The highest BCUT2D eigenvalue weighted by atomic mass is 35.5. The van der Waals surface area contributed by atoms with Gasteiger partial charge in [0.05, 0.1) is 28.9 Å². The van der Waals surface area contributed by atoms with Crippen LogP contribution in [0.5, 0.6) is 11.5 Å². The summed E-state index contributed by atoms with van der Waals surface area (Å²) in [5.41, 5.74) is 6.66. The van der Waals surface area contributed by atoms with E-state index in [2.05, 4.69) is 10.2 Å². The predicted molar refractivity (Wildman–Crippen MR) is 122 cm³/mol. The third-order valence-corrected chi connectivity index (χ3v) is 5.93. The minimum Gasteiger partial charge on any atom is -0.495 e. The second kappa shape index (κ2) is 10.9. The number of rotatable bonds is 8. The van der Waals surface area contributed by atoms with E-state index in [0.717, 1.165) is 25.9 Å². The molecule has 1 amide bonds. The van der Waals surface area contributed by atoms with Crippen LogP contribution in [0.25, 0.3) is 0 Å². The van der Waals surface area contributed by atoms with Gasteiger partial charge in [0.1, 0.15) is 17.6 Å². The predicted octanol–water partition coefficient (Wildman–Crippen LogP) is 3.22. The zero-order chi connectivity index (χ0) is 22.4. The molecule has 0 bridgehead atoms. The number of amides is 1. The number of aliphatic hydroxyl groups is 1. The molecule has 168 valence electrons. The van der Waals surface area contributed by atoms with E-state index in [0.29, 0.717) is 39.3 Å². The molecular weight excluding hydrogens is 441 g/mol. The molecule has 2 aromatic carbocycles. The maximum atomic E-state index is 12.3. The normalized spacial score (nSPS) is 16.0. The fraction of sp³-hybridized carbons (Fsp3) is 0.409. The standard InChI is InChI=1S/C22H27Cl2N3O4/c1-30-21-10-14(2-5-20(21)25)22(29)26-12-15(28)13-27-8-6-16(7-9-27)31-17-3-4-18(23)19(24)11-17/h2-5,10-11,15-16,28H,6-9,12-13,25H2,1H3,(H,26,29).